The van der Waals surface area contributed by atoms with Crippen LogP contribution in [-0.2, 0) is 16.6 Å². The van der Waals surface area contributed by atoms with Crippen molar-refractivity contribution in [3.8, 4) is 0 Å². The molecule has 0 radical (unpaired) electrons. The maximum absolute atomic E-state index is 13.1. The summed E-state index contributed by atoms with van der Waals surface area (Å²) in [7, 11) is -3.62. The molecule has 1 saturated carbocycles. The molecule has 26 heavy (non-hydrogen) atoms. The molecule has 6 heteroatoms. The number of benzene rings is 2. The van der Waals surface area contributed by atoms with Gasteiger partial charge in [-0.15, -0.1) is 0 Å². The molecule has 0 aliphatic heterocycles. The van der Waals surface area contributed by atoms with Gasteiger partial charge in [-0.2, -0.15) is 4.31 Å². The zero-order valence-electron chi connectivity index (χ0n) is 15.1. The van der Waals surface area contributed by atoms with Crippen LogP contribution >= 0.6 is 0 Å². The van der Waals surface area contributed by atoms with Gasteiger partial charge in [-0.3, -0.25) is 4.79 Å². The van der Waals surface area contributed by atoms with E-state index in [2.05, 4.69) is 26.0 Å². The van der Waals surface area contributed by atoms with Crippen LogP contribution in [0.2, 0.25) is 0 Å². The van der Waals surface area contributed by atoms with E-state index in [9.17, 15) is 13.2 Å². The fourth-order valence-electron chi connectivity index (χ4n) is 2.89. The van der Waals surface area contributed by atoms with E-state index in [1.54, 1.807) is 4.31 Å². The molecule has 3 rings (SSSR count). The van der Waals surface area contributed by atoms with Crippen LogP contribution < -0.4 is 5.73 Å². The summed E-state index contributed by atoms with van der Waals surface area (Å²) in [6.45, 7) is 4.61. The van der Waals surface area contributed by atoms with Crippen LogP contribution in [0, 0.1) is 0 Å². The first-order chi connectivity index (χ1) is 12.3. The highest BCUT2D eigenvalue weighted by Gasteiger charge is 2.38. The molecule has 1 aliphatic rings. The van der Waals surface area contributed by atoms with Gasteiger partial charge in [0.05, 0.1) is 4.90 Å². The number of rotatable bonds is 7. The first-order valence-electron chi connectivity index (χ1n) is 8.79. The van der Waals surface area contributed by atoms with E-state index >= 15 is 0 Å². The standard InChI is InChI=1S/C20H24N2O3S/c1-14(2)16-5-3-15(4-6-16)13-22(18-9-10-18)26(24,25)19-11-7-17(8-12-19)20(21)23/h3-8,11-12,14,18H,9-10,13H2,1-2H3,(H2,21,23). The second kappa shape index (κ2) is 7.21. The van der Waals surface area contributed by atoms with Gasteiger partial charge < -0.3 is 5.73 Å². The minimum absolute atomic E-state index is 0.0422. The van der Waals surface area contributed by atoms with Gasteiger partial charge in [-0.1, -0.05) is 38.1 Å². The van der Waals surface area contributed by atoms with Crippen molar-refractivity contribution in [2.24, 2.45) is 5.73 Å². The van der Waals surface area contributed by atoms with Crippen molar-refractivity contribution in [2.75, 3.05) is 0 Å². The Balaban J connectivity index is 1.85. The Hall–Kier alpha value is -2.18. The van der Waals surface area contributed by atoms with Crippen molar-refractivity contribution in [3.05, 3.63) is 65.2 Å². The monoisotopic (exact) mass is 372 g/mol. The number of carbonyl (C=O) groups is 1. The lowest BCUT2D eigenvalue weighted by atomic mass is 10.0. The molecule has 0 bridgehead atoms. The minimum Gasteiger partial charge on any atom is -0.366 e. The van der Waals surface area contributed by atoms with Crippen LogP contribution in [0.5, 0.6) is 0 Å². The molecular weight excluding hydrogens is 348 g/mol. The fraction of sp³-hybridized carbons (Fsp3) is 0.350. The summed E-state index contributed by atoms with van der Waals surface area (Å²) in [5, 5.41) is 0. The molecule has 1 fully saturated rings. The molecule has 0 aromatic heterocycles. The molecule has 2 aromatic carbocycles. The van der Waals surface area contributed by atoms with Crippen molar-refractivity contribution >= 4 is 15.9 Å². The lowest BCUT2D eigenvalue weighted by molar-refractivity contribution is 0.1000. The number of hydrogen-bond acceptors (Lipinski definition) is 3. The van der Waals surface area contributed by atoms with Crippen LogP contribution in [0.25, 0.3) is 0 Å². The summed E-state index contributed by atoms with van der Waals surface area (Å²) in [6.07, 6.45) is 1.76. The van der Waals surface area contributed by atoms with E-state index < -0.39 is 15.9 Å². The Labute approximate surface area is 154 Å². The summed E-state index contributed by atoms with van der Waals surface area (Å²) in [6, 6.07) is 14.0. The van der Waals surface area contributed by atoms with E-state index in [0.717, 1.165) is 18.4 Å². The number of hydrogen-bond donors (Lipinski definition) is 1. The van der Waals surface area contributed by atoms with Crippen molar-refractivity contribution in [1.82, 2.24) is 4.31 Å². The normalized spacial score (nSPS) is 14.8. The molecule has 2 aromatic rings. The van der Waals surface area contributed by atoms with Crippen molar-refractivity contribution in [2.45, 2.75) is 50.1 Å². The second-order valence-corrected chi connectivity index (χ2v) is 8.96. The molecule has 0 unspecified atom stereocenters. The average Bonchev–Trinajstić information content (AvgIpc) is 3.44. The van der Waals surface area contributed by atoms with E-state index in [1.165, 1.54) is 29.8 Å². The SMILES string of the molecule is CC(C)c1ccc(CN(C2CC2)S(=O)(=O)c2ccc(C(N)=O)cc2)cc1. The summed E-state index contributed by atoms with van der Waals surface area (Å²) in [4.78, 5) is 11.4. The van der Waals surface area contributed by atoms with Gasteiger partial charge in [0.15, 0.2) is 0 Å². The lowest BCUT2D eigenvalue weighted by Gasteiger charge is -2.22. The van der Waals surface area contributed by atoms with Gasteiger partial charge in [-0.05, 0) is 54.2 Å². The molecule has 0 heterocycles. The van der Waals surface area contributed by atoms with Gasteiger partial charge in [0.1, 0.15) is 0 Å². The van der Waals surface area contributed by atoms with Gasteiger partial charge in [0, 0.05) is 18.2 Å². The Morgan fingerprint density at radius 2 is 1.65 bits per heavy atom. The van der Waals surface area contributed by atoms with Crippen LogP contribution in [0.15, 0.2) is 53.4 Å². The molecule has 0 saturated heterocycles. The maximum Gasteiger partial charge on any atom is 0.248 e. The number of sulfonamides is 1. The highest BCUT2D eigenvalue weighted by molar-refractivity contribution is 7.89. The molecule has 138 valence electrons. The quantitative estimate of drug-likeness (QED) is 0.810. The first kappa shape index (κ1) is 18.6. The van der Waals surface area contributed by atoms with Crippen LogP contribution in [0.4, 0.5) is 0 Å². The van der Waals surface area contributed by atoms with E-state index in [4.69, 9.17) is 5.73 Å². The third-order valence-electron chi connectivity index (χ3n) is 4.68. The molecule has 1 aliphatic carbocycles. The predicted molar refractivity (Wildman–Crippen MR) is 101 cm³/mol. The Morgan fingerprint density at radius 1 is 1.08 bits per heavy atom. The first-order valence-corrected chi connectivity index (χ1v) is 10.2. The average molecular weight is 372 g/mol. The summed E-state index contributed by atoms with van der Waals surface area (Å²) < 4.78 is 27.7. The Morgan fingerprint density at radius 3 is 2.12 bits per heavy atom. The van der Waals surface area contributed by atoms with Crippen molar-refractivity contribution in [1.29, 1.82) is 0 Å². The van der Waals surface area contributed by atoms with Gasteiger partial charge in [-0.25, -0.2) is 8.42 Å². The summed E-state index contributed by atoms with van der Waals surface area (Å²) in [5.41, 5.74) is 7.73. The molecule has 5 nitrogen and oxygen atoms in total. The van der Waals surface area contributed by atoms with Crippen molar-refractivity contribution < 1.29 is 13.2 Å². The lowest BCUT2D eigenvalue weighted by Crippen LogP contribution is -2.32. The highest BCUT2D eigenvalue weighted by atomic mass is 32.2. The Kier molecular flexibility index (Phi) is 5.16. The van der Waals surface area contributed by atoms with E-state index in [0.29, 0.717) is 18.0 Å². The smallest absolute Gasteiger partial charge is 0.248 e. The predicted octanol–water partition coefficient (Wildman–Crippen LogP) is 3.26. The van der Waals surface area contributed by atoms with Gasteiger partial charge in [0.25, 0.3) is 0 Å². The van der Waals surface area contributed by atoms with Gasteiger partial charge in [0.2, 0.25) is 15.9 Å². The summed E-state index contributed by atoms with van der Waals surface area (Å²) in [5.74, 6) is -0.130. The minimum atomic E-state index is -3.62. The molecule has 2 N–H and O–H groups in total. The topological polar surface area (TPSA) is 80.5 Å². The number of nitrogens with zero attached hydrogens (tertiary/aromatic N) is 1. The third-order valence-corrected chi connectivity index (χ3v) is 6.60. The van der Waals surface area contributed by atoms with Crippen LogP contribution in [0.3, 0.4) is 0 Å². The van der Waals surface area contributed by atoms with E-state index in [-0.39, 0.29) is 10.9 Å². The molecule has 1 amide bonds. The molecule has 0 atom stereocenters. The molecular formula is C20H24N2O3S. The zero-order valence-corrected chi connectivity index (χ0v) is 15.9. The largest absolute Gasteiger partial charge is 0.366 e. The highest BCUT2D eigenvalue weighted by Crippen LogP contribution is 2.33. The zero-order chi connectivity index (χ0) is 18.9. The van der Waals surface area contributed by atoms with Crippen LogP contribution in [0.1, 0.15) is 54.1 Å². The van der Waals surface area contributed by atoms with Crippen LogP contribution in [-0.4, -0.2) is 24.7 Å². The fourth-order valence-corrected chi connectivity index (χ4v) is 4.56. The number of primary amides is 1. The maximum atomic E-state index is 13.1. The molecule has 0 spiro atoms. The third kappa shape index (κ3) is 3.97. The van der Waals surface area contributed by atoms with Crippen molar-refractivity contribution in [3.63, 3.8) is 0 Å². The Bertz CT molecular complexity index is 884. The summed E-state index contributed by atoms with van der Waals surface area (Å²) >= 11 is 0. The number of amides is 1. The number of carbonyl (C=O) groups excluding carboxylic acids is 1. The van der Waals surface area contributed by atoms with E-state index in [1.807, 2.05) is 12.1 Å². The number of nitrogens with two attached hydrogens (primary N) is 1. The second-order valence-electron chi connectivity index (χ2n) is 7.07. The van der Waals surface area contributed by atoms with Gasteiger partial charge >= 0.3 is 0 Å².